The second-order valence-corrected chi connectivity index (χ2v) is 17.4. The van der Waals surface area contributed by atoms with E-state index in [2.05, 4.69) is 63.7 Å². The van der Waals surface area contributed by atoms with Crippen molar-refractivity contribution in [1.82, 2.24) is 19.1 Å². The average molecular weight is 894 g/mol. The Labute approximate surface area is 397 Å². The van der Waals surface area contributed by atoms with Crippen LogP contribution in [-0.2, 0) is 0 Å². The van der Waals surface area contributed by atoms with E-state index in [0.29, 0.717) is 50.8 Å². The molecule has 0 fully saturated rings. The van der Waals surface area contributed by atoms with Gasteiger partial charge in [-0.1, -0.05) is 115 Å². The summed E-state index contributed by atoms with van der Waals surface area (Å²) in [6.07, 6.45) is 0. The molecule has 9 nitrogen and oxygen atoms in total. The van der Waals surface area contributed by atoms with Crippen molar-refractivity contribution in [3.63, 3.8) is 0 Å². The Morgan fingerprint density at radius 1 is 0.357 bits per heavy atom. The van der Waals surface area contributed by atoms with E-state index in [4.69, 9.17) is 18.8 Å². The van der Waals surface area contributed by atoms with E-state index in [1.807, 2.05) is 140 Å². The second-order valence-electron chi connectivity index (χ2n) is 17.4. The predicted molar refractivity (Wildman–Crippen MR) is 276 cm³/mol. The van der Waals surface area contributed by atoms with Gasteiger partial charge in [0.05, 0.1) is 56.0 Å². The second kappa shape index (κ2) is 14.9. The van der Waals surface area contributed by atoms with Crippen LogP contribution in [0.15, 0.2) is 197 Å². The maximum Gasteiger partial charge on any atom is 0.160 e. The molecule has 14 rings (SSSR count). The van der Waals surface area contributed by atoms with Gasteiger partial charge in [0.15, 0.2) is 5.82 Å². The lowest BCUT2D eigenvalue weighted by Gasteiger charge is -2.15. The van der Waals surface area contributed by atoms with E-state index in [1.165, 1.54) is 0 Å². The zero-order valence-corrected chi connectivity index (χ0v) is 36.8. The Balaban J connectivity index is 0.958. The Kier molecular flexibility index (Phi) is 8.27. The third kappa shape index (κ3) is 5.50. The lowest BCUT2D eigenvalue weighted by molar-refractivity contribution is 0.669. The number of nitriles is 3. The van der Waals surface area contributed by atoms with Crippen molar-refractivity contribution in [2.24, 2.45) is 0 Å². The van der Waals surface area contributed by atoms with Gasteiger partial charge >= 0.3 is 0 Å². The standard InChI is InChI=1S/C61H31N7O2/c62-32-38-30-36(22-24-45(38)67-47-18-8-4-14-40(47)55-49(67)26-28-53-57(55)42-16-6-10-20-51(42)69-53)59-44(34-64)60(66-61(65-59)35-12-2-1-3-13-35)37-23-25-46(39(31-37)33-63)68-48-19-9-5-15-41(48)56-50(68)27-29-54-58(56)43-17-7-11-21-52(43)70-54/h1-31H. The molecule has 0 aliphatic heterocycles. The summed E-state index contributed by atoms with van der Waals surface area (Å²) in [6, 6.07) is 68.9. The molecule has 0 bridgehead atoms. The van der Waals surface area contributed by atoms with Gasteiger partial charge < -0.3 is 18.0 Å². The van der Waals surface area contributed by atoms with Gasteiger partial charge in [0, 0.05) is 59.8 Å². The SMILES string of the molecule is N#Cc1cc(-c2nc(-c3ccccc3)nc(-c3ccc(-n4c5ccccc5c5c6c(ccc54)oc4ccccc46)c(C#N)c3)c2C#N)ccc1-n1c2ccccc2c2c3c(ccc21)oc1ccccc13. The first-order chi connectivity index (χ1) is 34.6. The summed E-state index contributed by atoms with van der Waals surface area (Å²) in [5.41, 5.74) is 11.9. The molecule has 0 radical (unpaired) electrons. The zero-order valence-electron chi connectivity index (χ0n) is 36.8. The van der Waals surface area contributed by atoms with E-state index >= 15 is 0 Å². The van der Waals surface area contributed by atoms with Crippen LogP contribution in [0.2, 0.25) is 0 Å². The van der Waals surface area contributed by atoms with Crippen LogP contribution in [0.1, 0.15) is 16.7 Å². The lowest BCUT2D eigenvalue weighted by Crippen LogP contribution is -2.03. The molecule has 5 heterocycles. The van der Waals surface area contributed by atoms with Crippen molar-refractivity contribution in [3.8, 4) is 63.5 Å². The minimum absolute atomic E-state index is 0.213. The van der Waals surface area contributed by atoms with Crippen LogP contribution >= 0.6 is 0 Å². The minimum Gasteiger partial charge on any atom is -0.456 e. The fourth-order valence-corrected chi connectivity index (χ4v) is 10.7. The monoisotopic (exact) mass is 893 g/mol. The Morgan fingerprint density at radius 3 is 1.27 bits per heavy atom. The maximum atomic E-state index is 11.1. The third-order valence-corrected chi connectivity index (χ3v) is 13.7. The van der Waals surface area contributed by atoms with Gasteiger partial charge in [-0.3, -0.25) is 0 Å². The zero-order chi connectivity index (χ0) is 46.6. The molecule has 9 heteroatoms. The van der Waals surface area contributed by atoms with Crippen molar-refractivity contribution in [2.45, 2.75) is 0 Å². The number of furan rings is 2. The summed E-state index contributed by atoms with van der Waals surface area (Å²) >= 11 is 0. The molecule has 0 N–H and O–H groups in total. The molecule has 70 heavy (non-hydrogen) atoms. The van der Waals surface area contributed by atoms with Gasteiger partial charge in [0.25, 0.3) is 0 Å². The minimum atomic E-state index is 0.213. The van der Waals surface area contributed by atoms with Crippen LogP contribution < -0.4 is 0 Å². The first-order valence-corrected chi connectivity index (χ1v) is 22.7. The highest BCUT2D eigenvalue weighted by Gasteiger charge is 2.25. The summed E-state index contributed by atoms with van der Waals surface area (Å²) < 4.78 is 16.9. The van der Waals surface area contributed by atoms with Gasteiger partial charge in [-0.25, -0.2) is 9.97 Å². The summed E-state index contributed by atoms with van der Waals surface area (Å²) in [5.74, 6) is 0.396. The fraction of sp³-hybridized carbons (Fsp3) is 0. The van der Waals surface area contributed by atoms with E-state index in [0.717, 1.165) is 93.1 Å². The van der Waals surface area contributed by atoms with E-state index in [-0.39, 0.29) is 5.56 Å². The van der Waals surface area contributed by atoms with E-state index in [9.17, 15) is 15.8 Å². The van der Waals surface area contributed by atoms with Crippen molar-refractivity contribution >= 4 is 87.5 Å². The highest BCUT2D eigenvalue weighted by atomic mass is 16.3. The molecule has 0 atom stereocenters. The van der Waals surface area contributed by atoms with Crippen LogP contribution in [0.25, 0.3) is 133 Å². The molecule has 0 aliphatic rings. The van der Waals surface area contributed by atoms with Gasteiger partial charge in [-0.05, 0) is 72.8 Å². The number of hydrogen-bond acceptors (Lipinski definition) is 7. The normalized spacial score (nSPS) is 11.7. The van der Waals surface area contributed by atoms with Crippen LogP contribution in [0.4, 0.5) is 0 Å². The number of para-hydroxylation sites is 4. The first-order valence-electron chi connectivity index (χ1n) is 22.7. The first kappa shape index (κ1) is 38.9. The molecule has 14 aromatic rings. The van der Waals surface area contributed by atoms with Crippen molar-refractivity contribution in [1.29, 1.82) is 15.8 Å². The summed E-state index contributed by atoms with van der Waals surface area (Å²) in [4.78, 5) is 10.1. The smallest absolute Gasteiger partial charge is 0.160 e. The van der Waals surface area contributed by atoms with Gasteiger partial charge in [-0.15, -0.1) is 0 Å². The quantitative estimate of drug-likeness (QED) is 0.168. The van der Waals surface area contributed by atoms with E-state index < -0.39 is 0 Å². The van der Waals surface area contributed by atoms with Gasteiger partial charge in [0.1, 0.15) is 46.1 Å². The highest BCUT2D eigenvalue weighted by Crippen LogP contribution is 2.44. The lowest BCUT2D eigenvalue weighted by atomic mass is 9.97. The number of hydrogen-bond donors (Lipinski definition) is 0. The van der Waals surface area contributed by atoms with Gasteiger partial charge in [-0.2, -0.15) is 15.8 Å². The van der Waals surface area contributed by atoms with Crippen molar-refractivity contribution < 1.29 is 8.83 Å². The molecule has 0 unspecified atom stereocenters. The molecular formula is C61H31N7O2. The Morgan fingerprint density at radius 2 is 0.800 bits per heavy atom. The van der Waals surface area contributed by atoms with Crippen molar-refractivity contribution in [3.05, 3.63) is 205 Å². The number of fused-ring (bicyclic) bond motifs is 14. The van der Waals surface area contributed by atoms with Crippen LogP contribution in [0.3, 0.4) is 0 Å². The van der Waals surface area contributed by atoms with Crippen LogP contribution in [0.5, 0.6) is 0 Å². The number of benzene rings is 9. The Hall–Kier alpha value is -10.3. The third-order valence-electron chi connectivity index (χ3n) is 13.7. The predicted octanol–water partition coefficient (Wildman–Crippen LogP) is 15.1. The molecular weight excluding hydrogens is 863 g/mol. The fourth-order valence-electron chi connectivity index (χ4n) is 10.7. The average Bonchev–Trinajstić information content (AvgIpc) is 4.18. The molecule has 0 spiro atoms. The Bertz CT molecular complexity index is 4430. The summed E-state index contributed by atoms with van der Waals surface area (Å²) in [5, 5.41) is 41.3. The highest BCUT2D eigenvalue weighted by molar-refractivity contribution is 6.28. The molecule has 0 saturated carbocycles. The van der Waals surface area contributed by atoms with E-state index in [1.54, 1.807) is 12.1 Å². The molecule has 0 amide bonds. The van der Waals surface area contributed by atoms with Crippen LogP contribution in [0, 0.1) is 34.0 Å². The number of nitrogens with zero attached hydrogens (tertiary/aromatic N) is 7. The maximum absolute atomic E-state index is 11.1. The topological polar surface area (TPSA) is 133 Å². The summed E-state index contributed by atoms with van der Waals surface area (Å²) in [6.45, 7) is 0. The molecule has 0 saturated heterocycles. The number of aromatic nitrogens is 4. The van der Waals surface area contributed by atoms with Gasteiger partial charge in [0.2, 0.25) is 0 Å². The molecule has 322 valence electrons. The summed E-state index contributed by atoms with van der Waals surface area (Å²) in [7, 11) is 0. The molecule has 5 aromatic heterocycles. The largest absolute Gasteiger partial charge is 0.456 e. The van der Waals surface area contributed by atoms with Crippen molar-refractivity contribution in [2.75, 3.05) is 0 Å². The van der Waals surface area contributed by atoms with Crippen LogP contribution in [-0.4, -0.2) is 19.1 Å². The molecule has 0 aliphatic carbocycles. The number of rotatable bonds is 5. The molecule has 9 aromatic carbocycles.